The zero-order valence-corrected chi connectivity index (χ0v) is 13.4. The Labute approximate surface area is 132 Å². The van der Waals surface area contributed by atoms with Gasteiger partial charge in [0.1, 0.15) is 11.6 Å². The molecule has 21 heavy (non-hydrogen) atoms. The van der Waals surface area contributed by atoms with Crippen LogP contribution < -0.4 is 9.64 Å². The summed E-state index contributed by atoms with van der Waals surface area (Å²) in [5.41, 5.74) is 1.08. The molecule has 1 amide bonds. The minimum Gasteiger partial charge on any atom is -0.491 e. The normalized spacial score (nSPS) is 24.5. The van der Waals surface area contributed by atoms with E-state index in [0.29, 0.717) is 18.9 Å². The lowest BCUT2D eigenvalue weighted by Crippen LogP contribution is -2.51. The quantitative estimate of drug-likeness (QED) is 0.820. The van der Waals surface area contributed by atoms with Crippen LogP contribution in [0.3, 0.4) is 0 Å². The maximum Gasteiger partial charge on any atom is 0.228 e. The maximum atomic E-state index is 12.2. The van der Waals surface area contributed by atoms with Gasteiger partial charge in [0, 0.05) is 24.4 Å². The second kappa shape index (κ2) is 6.32. The number of aliphatic hydroxyl groups excluding tert-OH is 1. The Morgan fingerprint density at radius 2 is 2.24 bits per heavy atom. The number of fused-ring (bicyclic) bond motifs is 1. The molecule has 1 saturated carbocycles. The number of carbonyl (C=O) groups is 1. The second-order valence-electron chi connectivity index (χ2n) is 5.63. The number of alkyl halides is 1. The highest BCUT2D eigenvalue weighted by atomic mass is 79.9. The zero-order valence-electron chi connectivity index (χ0n) is 11.8. The summed E-state index contributed by atoms with van der Waals surface area (Å²) in [4.78, 5) is 18.5. The van der Waals surface area contributed by atoms with Crippen molar-refractivity contribution in [1.29, 1.82) is 0 Å². The number of aromatic nitrogens is 1. The fraction of sp³-hybridized carbons (Fsp3) is 0.600. The minimum absolute atomic E-state index is 0.144. The van der Waals surface area contributed by atoms with Gasteiger partial charge in [0.2, 0.25) is 5.91 Å². The lowest BCUT2D eigenvalue weighted by molar-refractivity contribution is -0.120. The Bertz CT molecular complexity index is 532. The standard InChI is InChI=1S/C15H19BrN2O3/c16-3-4-21-13-7-11-1-2-14(20)18(15(11)17-8-13)12-5-10(6-12)9-19/h7-8,10,12,19H,1-6,9H2. The van der Waals surface area contributed by atoms with E-state index in [2.05, 4.69) is 20.9 Å². The van der Waals surface area contributed by atoms with Gasteiger partial charge in [-0.05, 0) is 36.8 Å². The van der Waals surface area contributed by atoms with Crippen LogP contribution in [0, 0.1) is 5.92 Å². The molecule has 114 valence electrons. The van der Waals surface area contributed by atoms with Crippen LogP contribution in [0.5, 0.6) is 5.75 Å². The Hall–Kier alpha value is -1.14. The molecule has 0 aromatic carbocycles. The average Bonchev–Trinajstić information content (AvgIpc) is 2.46. The Morgan fingerprint density at radius 3 is 2.95 bits per heavy atom. The number of anilines is 1. The monoisotopic (exact) mass is 354 g/mol. The molecule has 0 saturated heterocycles. The predicted octanol–water partition coefficient (Wildman–Crippen LogP) is 1.91. The Kier molecular flexibility index (Phi) is 4.45. The molecule has 6 heteroatoms. The molecule has 0 radical (unpaired) electrons. The van der Waals surface area contributed by atoms with Crippen molar-refractivity contribution in [3.63, 3.8) is 0 Å². The number of ether oxygens (including phenoxy) is 1. The van der Waals surface area contributed by atoms with Crippen molar-refractivity contribution in [3.8, 4) is 5.75 Å². The fourth-order valence-electron chi connectivity index (χ4n) is 3.03. The number of carbonyl (C=O) groups excluding carboxylic acids is 1. The lowest BCUT2D eigenvalue weighted by Gasteiger charge is -2.43. The summed E-state index contributed by atoms with van der Waals surface area (Å²) in [6.07, 6.45) is 4.67. The molecule has 3 rings (SSSR count). The van der Waals surface area contributed by atoms with Crippen LogP contribution in [0.2, 0.25) is 0 Å². The molecule has 1 aliphatic carbocycles. The molecule has 0 bridgehead atoms. The molecular weight excluding hydrogens is 336 g/mol. The topological polar surface area (TPSA) is 62.7 Å². The summed E-state index contributed by atoms with van der Waals surface area (Å²) in [6.45, 7) is 0.808. The van der Waals surface area contributed by atoms with Gasteiger partial charge in [-0.3, -0.25) is 9.69 Å². The van der Waals surface area contributed by atoms with Crippen LogP contribution in [0.25, 0.3) is 0 Å². The largest absolute Gasteiger partial charge is 0.491 e. The molecule has 5 nitrogen and oxygen atoms in total. The summed E-state index contributed by atoms with van der Waals surface area (Å²) in [6, 6.07) is 2.18. The third-order valence-electron chi connectivity index (χ3n) is 4.20. The first-order valence-corrected chi connectivity index (χ1v) is 8.45. The molecule has 2 heterocycles. The van der Waals surface area contributed by atoms with E-state index < -0.39 is 0 Å². The maximum absolute atomic E-state index is 12.2. The van der Waals surface area contributed by atoms with Gasteiger partial charge in [-0.25, -0.2) is 4.98 Å². The van der Waals surface area contributed by atoms with E-state index >= 15 is 0 Å². The van der Waals surface area contributed by atoms with Gasteiger partial charge in [0.15, 0.2) is 0 Å². The third kappa shape index (κ3) is 2.92. The van der Waals surface area contributed by atoms with Crippen LogP contribution >= 0.6 is 15.9 Å². The molecular formula is C15H19BrN2O3. The van der Waals surface area contributed by atoms with E-state index in [0.717, 1.165) is 41.7 Å². The first kappa shape index (κ1) is 14.8. The number of halogens is 1. The number of amides is 1. The number of hydrogen-bond donors (Lipinski definition) is 1. The molecule has 1 aromatic rings. The summed E-state index contributed by atoms with van der Waals surface area (Å²) >= 11 is 3.33. The van der Waals surface area contributed by atoms with Crippen LogP contribution in [-0.4, -0.2) is 40.6 Å². The van der Waals surface area contributed by atoms with Gasteiger partial charge in [-0.15, -0.1) is 0 Å². The van der Waals surface area contributed by atoms with Gasteiger partial charge in [0.25, 0.3) is 0 Å². The lowest BCUT2D eigenvalue weighted by atomic mass is 9.79. The van der Waals surface area contributed by atoms with E-state index in [9.17, 15) is 4.79 Å². The number of aliphatic hydroxyl groups is 1. The van der Waals surface area contributed by atoms with E-state index in [4.69, 9.17) is 9.84 Å². The number of nitrogens with zero attached hydrogens (tertiary/aromatic N) is 2. The van der Waals surface area contributed by atoms with Gasteiger partial charge in [-0.1, -0.05) is 15.9 Å². The molecule has 1 aliphatic heterocycles. The van der Waals surface area contributed by atoms with Crippen molar-refractivity contribution in [1.82, 2.24) is 4.98 Å². The zero-order chi connectivity index (χ0) is 14.8. The first-order chi connectivity index (χ1) is 10.2. The second-order valence-corrected chi connectivity index (χ2v) is 6.42. The van der Waals surface area contributed by atoms with Gasteiger partial charge in [0.05, 0.1) is 12.8 Å². The van der Waals surface area contributed by atoms with Crippen LogP contribution in [0.1, 0.15) is 24.8 Å². The third-order valence-corrected chi connectivity index (χ3v) is 4.53. The molecule has 0 atom stereocenters. The Balaban J connectivity index is 1.79. The summed E-state index contributed by atoms with van der Waals surface area (Å²) < 4.78 is 5.57. The molecule has 0 spiro atoms. The number of hydrogen-bond acceptors (Lipinski definition) is 4. The van der Waals surface area contributed by atoms with Crippen molar-refractivity contribution >= 4 is 27.7 Å². The van der Waals surface area contributed by atoms with Gasteiger partial charge in [-0.2, -0.15) is 0 Å². The van der Waals surface area contributed by atoms with Crippen molar-refractivity contribution < 1.29 is 14.6 Å². The van der Waals surface area contributed by atoms with Gasteiger partial charge < -0.3 is 9.84 Å². The fourth-order valence-corrected chi connectivity index (χ4v) is 3.20. The smallest absolute Gasteiger partial charge is 0.228 e. The summed E-state index contributed by atoms with van der Waals surface area (Å²) in [5.74, 6) is 2.00. The summed E-state index contributed by atoms with van der Waals surface area (Å²) in [5, 5.41) is 9.92. The summed E-state index contributed by atoms with van der Waals surface area (Å²) in [7, 11) is 0. The van der Waals surface area contributed by atoms with Crippen molar-refractivity contribution in [2.24, 2.45) is 5.92 Å². The highest BCUT2D eigenvalue weighted by Crippen LogP contribution is 2.38. The molecule has 1 aromatic heterocycles. The highest BCUT2D eigenvalue weighted by molar-refractivity contribution is 9.09. The number of rotatable bonds is 5. The number of aryl methyl sites for hydroxylation is 1. The predicted molar refractivity (Wildman–Crippen MR) is 82.9 cm³/mol. The Morgan fingerprint density at radius 1 is 1.43 bits per heavy atom. The van der Waals surface area contributed by atoms with Crippen LogP contribution in [0.15, 0.2) is 12.3 Å². The van der Waals surface area contributed by atoms with E-state index in [1.165, 1.54) is 0 Å². The van der Waals surface area contributed by atoms with Crippen molar-refractivity contribution in [2.45, 2.75) is 31.7 Å². The SMILES string of the molecule is O=C1CCc2cc(OCCBr)cnc2N1C1CC(CO)C1. The van der Waals surface area contributed by atoms with E-state index in [1.807, 2.05) is 11.0 Å². The van der Waals surface area contributed by atoms with E-state index in [1.54, 1.807) is 6.20 Å². The minimum atomic E-state index is 0.144. The van der Waals surface area contributed by atoms with E-state index in [-0.39, 0.29) is 18.6 Å². The van der Waals surface area contributed by atoms with Crippen LogP contribution in [0.4, 0.5) is 5.82 Å². The highest BCUT2D eigenvalue weighted by Gasteiger charge is 2.39. The van der Waals surface area contributed by atoms with Crippen molar-refractivity contribution in [3.05, 3.63) is 17.8 Å². The van der Waals surface area contributed by atoms with Crippen LogP contribution in [-0.2, 0) is 11.2 Å². The van der Waals surface area contributed by atoms with Crippen molar-refractivity contribution in [2.75, 3.05) is 23.4 Å². The molecule has 1 fully saturated rings. The average molecular weight is 355 g/mol. The number of pyridine rings is 1. The molecule has 2 aliphatic rings. The van der Waals surface area contributed by atoms with Gasteiger partial charge >= 0.3 is 0 Å². The molecule has 0 unspecified atom stereocenters. The molecule has 1 N–H and O–H groups in total. The first-order valence-electron chi connectivity index (χ1n) is 7.33.